The number of pyridine rings is 1. The number of benzene rings is 2. The third kappa shape index (κ3) is 3.67. The fourth-order valence-corrected chi connectivity index (χ4v) is 3.48. The Balaban J connectivity index is 1.79. The molecule has 2 heterocycles. The van der Waals surface area contributed by atoms with Crippen LogP contribution in [-0.2, 0) is 16.1 Å². The summed E-state index contributed by atoms with van der Waals surface area (Å²) >= 11 is 0. The van der Waals surface area contributed by atoms with Gasteiger partial charge in [0.15, 0.2) is 0 Å². The lowest BCUT2D eigenvalue weighted by molar-refractivity contribution is -0.137. The molecule has 0 bridgehead atoms. The molecule has 2 amide bonds. The number of para-hydroxylation sites is 1. The van der Waals surface area contributed by atoms with Crippen molar-refractivity contribution in [3.63, 3.8) is 0 Å². The van der Waals surface area contributed by atoms with E-state index in [0.717, 1.165) is 16.8 Å². The van der Waals surface area contributed by atoms with E-state index in [9.17, 15) is 9.59 Å². The van der Waals surface area contributed by atoms with Crippen molar-refractivity contribution in [1.82, 2.24) is 9.88 Å². The number of carbonyl (C=O) groups is 2. The minimum Gasteiger partial charge on any atom is -0.496 e. The number of methoxy groups -OCH3 is 1. The summed E-state index contributed by atoms with van der Waals surface area (Å²) in [6.07, 6.45) is 3.30. The highest BCUT2D eigenvalue weighted by Gasteiger charge is 2.40. The van der Waals surface area contributed by atoms with Crippen molar-refractivity contribution in [2.45, 2.75) is 13.5 Å². The van der Waals surface area contributed by atoms with Crippen LogP contribution in [0.1, 0.15) is 16.7 Å². The van der Waals surface area contributed by atoms with Gasteiger partial charge in [-0.2, -0.15) is 0 Å². The maximum absolute atomic E-state index is 13.4. The molecular weight excluding hydrogens is 378 g/mol. The number of aromatic nitrogens is 1. The number of amides is 2. The van der Waals surface area contributed by atoms with E-state index in [4.69, 9.17) is 4.74 Å². The molecule has 30 heavy (non-hydrogen) atoms. The fraction of sp³-hybridized carbons (Fsp3) is 0.125. The quantitative estimate of drug-likeness (QED) is 0.639. The second kappa shape index (κ2) is 8.21. The normalized spacial score (nSPS) is 13.7. The van der Waals surface area contributed by atoms with Crippen LogP contribution in [0, 0.1) is 6.92 Å². The SMILES string of the molecule is COc1ccccc1C1=C(Nc2cccc(C)c2)C(=O)N(Cc2cccnc2)C1=O. The van der Waals surface area contributed by atoms with Gasteiger partial charge >= 0.3 is 0 Å². The first-order chi connectivity index (χ1) is 14.6. The lowest BCUT2D eigenvalue weighted by Crippen LogP contribution is -2.32. The maximum atomic E-state index is 13.4. The number of hydrogen-bond donors (Lipinski definition) is 1. The van der Waals surface area contributed by atoms with E-state index in [-0.39, 0.29) is 24.1 Å². The van der Waals surface area contributed by atoms with Gasteiger partial charge in [-0.1, -0.05) is 36.4 Å². The maximum Gasteiger partial charge on any atom is 0.278 e. The van der Waals surface area contributed by atoms with Gasteiger partial charge in [0.1, 0.15) is 11.4 Å². The standard InChI is InChI=1S/C24H21N3O3/c1-16-7-5-9-18(13-16)26-22-21(19-10-3-4-11-20(19)30-2)23(28)27(24(22)29)15-17-8-6-12-25-14-17/h3-14,26H,15H2,1-2H3. The molecule has 1 aliphatic heterocycles. The molecule has 0 saturated carbocycles. The van der Waals surface area contributed by atoms with E-state index in [0.29, 0.717) is 16.9 Å². The molecule has 0 spiro atoms. The Labute approximate surface area is 174 Å². The molecule has 6 heteroatoms. The predicted molar refractivity (Wildman–Crippen MR) is 115 cm³/mol. The monoisotopic (exact) mass is 399 g/mol. The van der Waals surface area contributed by atoms with Crippen LogP contribution in [0.4, 0.5) is 5.69 Å². The first-order valence-electron chi connectivity index (χ1n) is 9.55. The minimum atomic E-state index is -0.383. The minimum absolute atomic E-state index is 0.142. The Kier molecular flexibility index (Phi) is 5.30. The second-order valence-electron chi connectivity index (χ2n) is 7.00. The fourth-order valence-electron chi connectivity index (χ4n) is 3.48. The summed E-state index contributed by atoms with van der Waals surface area (Å²) in [4.78, 5) is 32.0. The van der Waals surface area contributed by atoms with Crippen LogP contribution >= 0.6 is 0 Å². The Morgan fingerprint density at radius 2 is 1.83 bits per heavy atom. The molecule has 1 aromatic heterocycles. The summed E-state index contributed by atoms with van der Waals surface area (Å²) in [6.45, 7) is 2.11. The zero-order valence-corrected chi connectivity index (χ0v) is 16.8. The van der Waals surface area contributed by atoms with Gasteiger partial charge in [-0.25, -0.2) is 0 Å². The first-order valence-corrected chi connectivity index (χ1v) is 9.55. The summed E-state index contributed by atoms with van der Waals surface area (Å²) in [6, 6.07) is 18.5. The van der Waals surface area contributed by atoms with Crippen molar-refractivity contribution in [3.8, 4) is 5.75 Å². The van der Waals surface area contributed by atoms with Gasteiger partial charge in [-0.05, 0) is 42.3 Å². The second-order valence-corrected chi connectivity index (χ2v) is 7.00. The van der Waals surface area contributed by atoms with Crippen molar-refractivity contribution < 1.29 is 14.3 Å². The number of anilines is 1. The van der Waals surface area contributed by atoms with E-state index in [1.54, 1.807) is 37.7 Å². The van der Waals surface area contributed by atoms with Gasteiger partial charge in [0.2, 0.25) is 0 Å². The summed E-state index contributed by atoms with van der Waals surface area (Å²) in [5, 5.41) is 3.17. The summed E-state index contributed by atoms with van der Waals surface area (Å²) in [5.74, 6) is -0.227. The number of nitrogens with zero attached hydrogens (tertiary/aromatic N) is 2. The van der Waals surface area contributed by atoms with Crippen LogP contribution in [0.5, 0.6) is 5.75 Å². The highest BCUT2D eigenvalue weighted by molar-refractivity contribution is 6.36. The molecule has 3 aromatic rings. The zero-order chi connectivity index (χ0) is 21.1. The summed E-state index contributed by atoms with van der Waals surface area (Å²) < 4.78 is 5.46. The topological polar surface area (TPSA) is 71.5 Å². The Bertz CT molecular complexity index is 1140. The molecule has 6 nitrogen and oxygen atoms in total. The number of rotatable bonds is 6. The van der Waals surface area contributed by atoms with Crippen LogP contribution < -0.4 is 10.1 Å². The Morgan fingerprint density at radius 3 is 2.57 bits per heavy atom. The number of hydrogen-bond acceptors (Lipinski definition) is 5. The summed E-state index contributed by atoms with van der Waals surface area (Å²) in [7, 11) is 1.54. The van der Waals surface area contributed by atoms with Gasteiger partial charge in [0, 0.05) is 23.6 Å². The smallest absolute Gasteiger partial charge is 0.278 e. The van der Waals surface area contributed by atoms with Crippen LogP contribution in [0.25, 0.3) is 5.57 Å². The number of imide groups is 1. The first kappa shape index (κ1) is 19.4. The molecule has 0 radical (unpaired) electrons. The lowest BCUT2D eigenvalue weighted by Gasteiger charge is -2.15. The zero-order valence-electron chi connectivity index (χ0n) is 16.8. The van der Waals surface area contributed by atoms with Crippen molar-refractivity contribution >= 4 is 23.1 Å². The van der Waals surface area contributed by atoms with E-state index < -0.39 is 0 Å². The molecule has 1 aliphatic rings. The van der Waals surface area contributed by atoms with Crippen LogP contribution in [0.15, 0.2) is 78.8 Å². The highest BCUT2D eigenvalue weighted by atomic mass is 16.5. The molecule has 0 aliphatic carbocycles. The Hall–Kier alpha value is -3.93. The average molecular weight is 399 g/mol. The number of ether oxygens (including phenoxy) is 1. The number of nitrogens with one attached hydrogen (secondary N) is 1. The van der Waals surface area contributed by atoms with E-state index in [2.05, 4.69) is 10.3 Å². The third-order valence-electron chi connectivity index (χ3n) is 4.90. The number of carbonyl (C=O) groups excluding carboxylic acids is 2. The van der Waals surface area contributed by atoms with Gasteiger partial charge in [-0.15, -0.1) is 0 Å². The summed E-state index contributed by atoms with van der Waals surface area (Å²) in [5.41, 5.74) is 3.66. The van der Waals surface area contributed by atoms with Crippen molar-refractivity contribution in [2.75, 3.05) is 12.4 Å². The van der Waals surface area contributed by atoms with E-state index in [1.807, 2.05) is 49.4 Å². The molecule has 1 N–H and O–H groups in total. The van der Waals surface area contributed by atoms with Gasteiger partial charge in [-0.3, -0.25) is 19.5 Å². The highest BCUT2D eigenvalue weighted by Crippen LogP contribution is 2.35. The van der Waals surface area contributed by atoms with Crippen LogP contribution in [-0.4, -0.2) is 28.8 Å². The van der Waals surface area contributed by atoms with Crippen LogP contribution in [0.3, 0.4) is 0 Å². The van der Waals surface area contributed by atoms with Crippen molar-refractivity contribution in [3.05, 3.63) is 95.4 Å². The molecule has 0 fully saturated rings. The van der Waals surface area contributed by atoms with Gasteiger partial charge in [0.05, 0.1) is 19.2 Å². The third-order valence-corrected chi connectivity index (χ3v) is 4.90. The Morgan fingerprint density at radius 1 is 1.00 bits per heavy atom. The number of aryl methyl sites for hydroxylation is 1. The van der Waals surface area contributed by atoms with Gasteiger partial charge < -0.3 is 10.1 Å². The molecule has 0 unspecified atom stereocenters. The molecular formula is C24H21N3O3. The van der Waals surface area contributed by atoms with Crippen molar-refractivity contribution in [2.24, 2.45) is 0 Å². The van der Waals surface area contributed by atoms with Gasteiger partial charge in [0.25, 0.3) is 11.8 Å². The molecule has 150 valence electrons. The average Bonchev–Trinajstić information content (AvgIpc) is 2.98. The van der Waals surface area contributed by atoms with E-state index in [1.165, 1.54) is 4.90 Å². The molecule has 2 aromatic carbocycles. The molecule has 4 rings (SSSR count). The molecule has 0 saturated heterocycles. The van der Waals surface area contributed by atoms with Crippen molar-refractivity contribution in [1.29, 1.82) is 0 Å². The largest absolute Gasteiger partial charge is 0.496 e. The predicted octanol–water partition coefficient (Wildman–Crippen LogP) is 3.79. The lowest BCUT2D eigenvalue weighted by atomic mass is 10.0. The van der Waals surface area contributed by atoms with E-state index >= 15 is 0 Å². The van der Waals surface area contributed by atoms with Crippen LogP contribution in [0.2, 0.25) is 0 Å². The molecule has 0 atom stereocenters.